The summed E-state index contributed by atoms with van der Waals surface area (Å²) in [4.78, 5) is 26.0. The number of carbonyl (C=O) groups excluding carboxylic acids is 1. The highest BCUT2D eigenvalue weighted by molar-refractivity contribution is 7.09. The highest BCUT2D eigenvalue weighted by Crippen LogP contribution is 2.17. The molecule has 1 amide bonds. The summed E-state index contributed by atoms with van der Waals surface area (Å²) in [5.41, 5.74) is 5.20. The van der Waals surface area contributed by atoms with Crippen molar-refractivity contribution in [3.8, 4) is 0 Å². The van der Waals surface area contributed by atoms with Gasteiger partial charge in [-0.25, -0.2) is 9.78 Å². The van der Waals surface area contributed by atoms with Crippen LogP contribution in [0.1, 0.15) is 28.5 Å². The van der Waals surface area contributed by atoms with Gasteiger partial charge in [0.2, 0.25) is 5.91 Å². The zero-order valence-corrected chi connectivity index (χ0v) is 10.7. The van der Waals surface area contributed by atoms with Crippen molar-refractivity contribution >= 4 is 23.2 Å². The highest BCUT2D eigenvalue weighted by atomic mass is 32.1. The van der Waals surface area contributed by atoms with Crippen molar-refractivity contribution in [2.24, 2.45) is 5.73 Å². The molecular formula is C10H15N3O4S. The monoisotopic (exact) mass is 273 g/mol. The smallest absolute Gasteiger partial charge is 0.355 e. The number of amides is 1. The number of rotatable bonds is 7. The number of thiazole rings is 1. The van der Waals surface area contributed by atoms with Crippen LogP contribution in [-0.4, -0.2) is 41.7 Å². The number of hydrogen-bond acceptors (Lipinski definition) is 6. The number of aromatic carboxylic acids is 1. The molecule has 100 valence electrons. The number of hydrogen-bond donors (Lipinski definition) is 3. The number of carbonyl (C=O) groups is 2. The molecule has 0 saturated heterocycles. The molecule has 0 fully saturated rings. The predicted molar refractivity (Wildman–Crippen MR) is 65.5 cm³/mol. The Kier molecular flexibility index (Phi) is 5.69. The van der Waals surface area contributed by atoms with Crippen LogP contribution in [0, 0.1) is 0 Å². The van der Waals surface area contributed by atoms with E-state index >= 15 is 0 Å². The average molecular weight is 273 g/mol. The lowest BCUT2D eigenvalue weighted by molar-refractivity contribution is -0.126. The van der Waals surface area contributed by atoms with Gasteiger partial charge in [-0.05, 0) is 6.92 Å². The van der Waals surface area contributed by atoms with Gasteiger partial charge in [-0.2, -0.15) is 0 Å². The van der Waals surface area contributed by atoms with Crippen molar-refractivity contribution in [1.29, 1.82) is 0 Å². The van der Waals surface area contributed by atoms with E-state index in [2.05, 4.69) is 10.3 Å². The van der Waals surface area contributed by atoms with Crippen LogP contribution in [0.3, 0.4) is 0 Å². The van der Waals surface area contributed by atoms with Crippen molar-refractivity contribution < 1.29 is 19.4 Å². The highest BCUT2D eigenvalue weighted by Gasteiger charge is 2.15. The van der Waals surface area contributed by atoms with Crippen LogP contribution in [0.2, 0.25) is 0 Å². The molecule has 1 heterocycles. The topological polar surface area (TPSA) is 115 Å². The minimum Gasteiger partial charge on any atom is -0.476 e. The summed E-state index contributed by atoms with van der Waals surface area (Å²) < 4.78 is 4.98. The molecule has 0 aliphatic heterocycles. The summed E-state index contributed by atoms with van der Waals surface area (Å²) >= 11 is 1.19. The fourth-order valence-electron chi connectivity index (χ4n) is 1.18. The Balaban J connectivity index is 2.46. The molecule has 0 radical (unpaired) electrons. The largest absolute Gasteiger partial charge is 0.476 e. The summed E-state index contributed by atoms with van der Waals surface area (Å²) in [6, 6.07) is -0.350. The van der Waals surface area contributed by atoms with E-state index in [1.165, 1.54) is 16.7 Å². The fraction of sp³-hybridized carbons (Fsp3) is 0.500. The van der Waals surface area contributed by atoms with E-state index in [1.54, 1.807) is 6.92 Å². The minimum absolute atomic E-state index is 0.0181. The third-order valence-electron chi connectivity index (χ3n) is 1.98. The molecule has 1 rings (SSSR count). The molecule has 0 aliphatic rings. The van der Waals surface area contributed by atoms with E-state index in [-0.39, 0.29) is 24.2 Å². The number of carboxylic acid groups (broad SMARTS) is 1. The zero-order valence-electron chi connectivity index (χ0n) is 9.88. The van der Waals surface area contributed by atoms with E-state index in [0.29, 0.717) is 18.2 Å². The van der Waals surface area contributed by atoms with Gasteiger partial charge < -0.3 is 20.9 Å². The second-order valence-corrected chi connectivity index (χ2v) is 4.40. The fourth-order valence-corrected chi connectivity index (χ4v) is 1.98. The van der Waals surface area contributed by atoms with Gasteiger partial charge in [0.05, 0.1) is 12.6 Å². The van der Waals surface area contributed by atoms with Gasteiger partial charge in [0, 0.05) is 11.9 Å². The first-order valence-corrected chi connectivity index (χ1v) is 6.18. The number of nitrogens with one attached hydrogen (secondary N) is 1. The van der Waals surface area contributed by atoms with Crippen LogP contribution in [0.15, 0.2) is 5.38 Å². The van der Waals surface area contributed by atoms with Crippen LogP contribution in [0.4, 0.5) is 0 Å². The summed E-state index contributed by atoms with van der Waals surface area (Å²) in [6.07, 6.45) is 0. The van der Waals surface area contributed by atoms with Crippen LogP contribution in [0.5, 0.6) is 0 Å². The quantitative estimate of drug-likeness (QED) is 0.602. The van der Waals surface area contributed by atoms with Crippen molar-refractivity contribution in [1.82, 2.24) is 10.3 Å². The maximum Gasteiger partial charge on any atom is 0.355 e. The van der Waals surface area contributed by atoms with Crippen molar-refractivity contribution in [2.75, 3.05) is 19.8 Å². The van der Waals surface area contributed by atoms with Crippen molar-refractivity contribution in [3.63, 3.8) is 0 Å². The normalized spacial score (nSPS) is 12.1. The van der Waals surface area contributed by atoms with Crippen LogP contribution in [0.25, 0.3) is 0 Å². The SMILES string of the molecule is CC(NC(=O)COCCN)c1nc(C(=O)O)cs1. The van der Waals surface area contributed by atoms with E-state index in [4.69, 9.17) is 15.6 Å². The van der Waals surface area contributed by atoms with Gasteiger partial charge in [0.1, 0.15) is 11.6 Å². The molecule has 0 aliphatic carbocycles. The van der Waals surface area contributed by atoms with Crippen molar-refractivity contribution in [2.45, 2.75) is 13.0 Å². The Labute approximate surface area is 108 Å². The lowest BCUT2D eigenvalue weighted by Crippen LogP contribution is -2.30. The van der Waals surface area contributed by atoms with E-state index in [0.717, 1.165) is 0 Å². The Bertz CT molecular complexity index is 421. The summed E-state index contributed by atoms with van der Waals surface area (Å²) in [5, 5.41) is 13.4. The Hall–Kier alpha value is -1.51. The molecule has 0 aromatic carbocycles. The third-order valence-corrected chi connectivity index (χ3v) is 3.01. The lowest BCUT2D eigenvalue weighted by Gasteiger charge is -2.11. The van der Waals surface area contributed by atoms with Crippen LogP contribution >= 0.6 is 11.3 Å². The predicted octanol–water partition coefficient (Wildman–Crippen LogP) is -0.00620. The number of ether oxygens (including phenoxy) is 1. The second kappa shape index (κ2) is 7.04. The first-order valence-electron chi connectivity index (χ1n) is 5.30. The molecule has 1 atom stereocenters. The zero-order chi connectivity index (χ0) is 13.5. The molecule has 0 spiro atoms. The lowest BCUT2D eigenvalue weighted by atomic mass is 10.3. The van der Waals surface area contributed by atoms with Crippen molar-refractivity contribution in [3.05, 3.63) is 16.1 Å². The van der Waals surface area contributed by atoms with Gasteiger partial charge in [-0.15, -0.1) is 11.3 Å². The summed E-state index contributed by atoms with van der Waals surface area (Å²) in [7, 11) is 0. The van der Waals surface area contributed by atoms with E-state index < -0.39 is 5.97 Å². The van der Waals surface area contributed by atoms with Gasteiger partial charge in [0.15, 0.2) is 5.69 Å². The molecule has 1 unspecified atom stereocenters. The average Bonchev–Trinajstić information content (AvgIpc) is 2.78. The molecule has 7 nitrogen and oxygen atoms in total. The number of nitrogens with zero attached hydrogens (tertiary/aromatic N) is 1. The maximum absolute atomic E-state index is 11.4. The standard InChI is InChI=1S/C10H15N3O4S/c1-6(12-8(14)4-17-3-2-11)9-13-7(5-18-9)10(15)16/h5-6H,2-4,11H2,1H3,(H,12,14)(H,15,16). The molecule has 4 N–H and O–H groups in total. The summed E-state index contributed by atoms with van der Waals surface area (Å²) in [5.74, 6) is -1.37. The first kappa shape index (κ1) is 14.6. The maximum atomic E-state index is 11.4. The minimum atomic E-state index is -1.08. The van der Waals surface area contributed by atoms with Gasteiger partial charge >= 0.3 is 5.97 Å². The van der Waals surface area contributed by atoms with Gasteiger partial charge in [-0.3, -0.25) is 4.79 Å². The summed E-state index contributed by atoms with van der Waals surface area (Å²) in [6.45, 7) is 2.34. The second-order valence-electron chi connectivity index (χ2n) is 3.51. The molecule has 1 aromatic heterocycles. The van der Waals surface area contributed by atoms with Gasteiger partial charge in [-0.1, -0.05) is 0 Å². The molecule has 18 heavy (non-hydrogen) atoms. The van der Waals surface area contributed by atoms with Crippen LogP contribution in [-0.2, 0) is 9.53 Å². The third kappa shape index (κ3) is 4.40. The number of carboxylic acids is 1. The van der Waals surface area contributed by atoms with Gasteiger partial charge in [0.25, 0.3) is 0 Å². The Morgan fingerprint density at radius 3 is 2.94 bits per heavy atom. The molecule has 0 saturated carbocycles. The molecule has 8 heteroatoms. The first-order chi connectivity index (χ1) is 8.54. The molecular weight excluding hydrogens is 258 g/mol. The van der Waals surface area contributed by atoms with E-state index in [9.17, 15) is 9.59 Å². The Morgan fingerprint density at radius 1 is 1.67 bits per heavy atom. The number of aromatic nitrogens is 1. The molecule has 0 bridgehead atoms. The van der Waals surface area contributed by atoms with E-state index in [1.807, 2.05) is 0 Å². The molecule has 1 aromatic rings. The Morgan fingerprint density at radius 2 is 2.39 bits per heavy atom. The van der Waals surface area contributed by atoms with Crippen LogP contribution < -0.4 is 11.1 Å². The number of nitrogens with two attached hydrogens (primary N) is 1.